The van der Waals surface area contributed by atoms with E-state index in [9.17, 15) is 0 Å². The van der Waals surface area contributed by atoms with Crippen LogP contribution in [-0.2, 0) is 0 Å². The summed E-state index contributed by atoms with van der Waals surface area (Å²) < 4.78 is 0. The SMILES string of the molecule is CN(C)c1ccnc(N)n1.Cl.Cl. The normalized spacial score (nSPS) is 7.83. The number of nitrogens with zero attached hydrogens (tertiary/aromatic N) is 3. The van der Waals surface area contributed by atoms with E-state index in [4.69, 9.17) is 5.73 Å². The predicted octanol–water partition coefficient (Wildman–Crippen LogP) is 0.968. The first kappa shape index (κ1) is 13.8. The molecule has 0 amide bonds. The Morgan fingerprint density at radius 1 is 1.33 bits per heavy atom. The molecule has 6 heteroatoms. The highest BCUT2D eigenvalue weighted by molar-refractivity contribution is 5.85. The highest BCUT2D eigenvalue weighted by atomic mass is 35.5. The summed E-state index contributed by atoms with van der Waals surface area (Å²) in [6.45, 7) is 0. The number of hydrogen-bond acceptors (Lipinski definition) is 4. The van der Waals surface area contributed by atoms with Gasteiger partial charge in [-0.2, -0.15) is 4.98 Å². The number of anilines is 2. The third-order valence-corrected chi connectivity index (χ3v) is 1.12. The first-order valence-corrected chi connectivity index (χ1v) is 2.96. The van der Waals surface area contributed by atoms with Gasteiger partial charge in [0.25, 0.3) is 0 Å². The van der Waals surface area contributed by atoms with Crippen molar-refractivity contribution in [3.05, 3.63) is 12.3 Å². The molecule has 70 valence electrons. The fourth-order valence-electron chi connectivity index (χ4n) is 0.613. The summed E-state index contributed by atoms with van der Waals surface area (Å²) in [7, 11) is 3.81. The molecule has 0 saturated carbocycles. The number of aromatic nitrogens is 2. The Morgan fingerprint density at radius 3 is 2.25 bits per heavy atom. The van der Waals surface area contributed by atoms with Crippen LogP contribution >= 0.6 is 24.8 Å². The van der Waals surface area contributed by atoms with Gasteiger partial charge >= 0.3 is 0 Å². The van der Waals surface area contributed by atoms with Gasteiger partial charge in [-0.3, -0.25) is 0 Å². The summed E-state index contributed by atoms with van der Waals surface area (Å²) in [5.41, 5.74) is 5.35. The summed E-state index contributed by atoms with van der Waals surface area (Å²) in [5.74, 6) is 1.14. The van der Waals surface area contributed by atoms with E-state index in [1.54, 1.807) is 12.3 Å². The maximum absolute atomic E-state index is 5.35. The molecule has 0 aliphatic heterocycles. The van der Waals surface area contributed by atoms with Crippen molar-refractivity contribution in [1.82, 2.24) is 9.97 Å². The lowest BCUT2D eigenvalue weighted by atomic mass is 10.5. The molecule has 0 aromatic carbocycles. The van der Waals surface area contributed by atoms with Crippen molar-refractivity contribution in [1.29, 1.82) is 0 Å². The molecule has 4 nitrogen and oxygen atoms in total. The summed E-state index contributed by atoms with van der Waals surface area (Å²) in [6.07, 6.45) is 1.64. The molecule has 1 aromatic heterocycles. The van der Waals surface area contributed by atoms with Gasteiger partial charge in [0, 0.05) is 20.3 Å². The second-order valence-electron chi connectivity index (χ2n) is 2.17. The second-order valence-corrected chi connectivity index (χ2v) is 2.17. The van der Waals surface area contributed by atoms with Gasteiger partial charge in [-0.05, 0) is 6.07 Å². The second kappa shape index (κ2) is 5.85. The van der Waals surface area contributed by atoms with Crippen molar-refractivity contribution < 1.29 is 0 Å². The number of nitrogens with two attached hydrogens (primary N) is 1. The van der Waals surface area contributed by atoms with E-state index in [2.05, 4.69) is 9.97 Å². The molecule has 0 aliphatic rings. The Hall–Kier alpha value is -0.740. The van der Waals surface area contributed by atoms with Gasteiger partial charge in [-0.25, -0.2) is 4.98 Å². The summed E-state index contributed by atoms with van der Waals surface area (Å²) in [5, 5.41) is 0. The van der Waals surface area contributed by atoms with Crippen molar-refractivity contribution in [3.8, 4) is 0 Å². The van der Waals surface area contributed by atoms with Crippen molar-refractivity contribution in [2.24, 2.45) is 0 Å². The fraction of sp³-hybridized carbons (Fsp3) is 0.333. The zero-order valence-electron chi connectivity index (χ0n) is 6.89. The Balaban J connectivity index is 0. The van der Waals surface area contributed by atoms with Gasteiger partial charge in [-0.1, -0.05) is 0 Å². The van der Waals surface area contributed by atoms with Gasteiger partial charge in [0.1, 0.15) is 5.82 Å². The molecule has 0 spiro atoms. The fourth-order valence-corrected chi connectivity index (χ4v) is 0.613. The topological polar surface area (TPSA) is 55.0 Å². The third kappa shape index (κ3) is 3.59. The first-order chi connectivity index (χ1) is 4.70. The molecular weight excluding hydrogens is 199 g/mol. The molecule has 0 bridgehead atoms. The highest BCUT2D eigenvalue weighted by Gasteiger charge is 1.95. The number of nitrogen functional groups attached to an aromatic ring is 1. The molecule has 1 aromatic rings. The number of rotatable bonds is 1. The van der Waals surface area contributed by atoms with Crippen LogP contribution in [0, 0.1) is 0 Å². The van der Waals surface area contributed by atoms with Crippen LogP contribution in [0.25, 0.3) is 0 Å². The quantitative estimate of drug-likeness (QED) is 0.751. The van der Waals surface area contributed by atoms with E-state index in [0.717, 1.165) is 5.82 Å². The summed E-state index contributed by atoms with van der Waals surface area (Å²) in [4.78, 5) is 9.60. The average molecular weight is 211 g/mol. The van der Waals surface area contributed by atoms with Gasteiger partial charge in [0.2, 0.25) is 5.95 Å². The lowest BCUT2D eigenvalue weighted by molar-refractivity contribution is 1.05. The predicted molar refractivity (Wildman–Crippen MR) is 55.3 cm³/mol. The van der Waals surface area contributed by atoms with Gasteiger partial charge in [0.15, 0.2) is 0 Å². The summed E-state index contributed by atoms with van der Waals surface area (Å²) in [6, 6.07) is 1.80. The molecule has 1 rings (SSSR count). The lowest BCUT2D eigenvalue weighted by Crippen LogP contribution is -2.11. The highest BCUT2D eigenvalue weighted by Crippen LogP contribution is 2.04. The molecule has 0 radical (unpaired) electrons. The van der Waals surface area contributed by atoms with Gasteiger partial charge in [0.05, 0.1) is 0 Å². The minimum atomic E-state index is 0. The van der Waals surface area contributed by atoms with Crippen molar-refractivity contribution in [3.63, 3.8) is 0 Å². The standard InChI is InChI=1S/C6H10N4.2ClH/c1-10(2)5-3-4-8-6(7)9-5;;/h3-4H,1-2H3,(H2,7,8,9);2*1H. The van der Waals surface area contributed by atoms with Gasteiger partial charge in [-0.15, -0.1) is 24.8 Å². The minimum absolute atomic E-state index is 0. The molecule has 0 unspecified atom stereocenters. The van der Waals surface area contributed by atoms with Crippen molar-refractivity contribution in [2.75, 3.05) is 24.7 Å². The van der Waals surface area contributed by atoms with E-state index in [0.29, 0.717) is 5.95 Å². The van der Waals surface area contributed by atoms with Gasteiger partial charge < -0.3 is 10.6 Å². The monoisotopic (exact) mass is 210 g/mol. The van der Waals surface area contributed by atoms with Crippen LogP contribution in [-0.4, -0.2) is 24.1 Å². The maximum atomic E-state index is 5.35. The minimum Gasteiger partial charge on any atom is -0.368 e. The number of hydrogen-bond donors (Lipinski definition) is 1. The lowest BCUT2D eigenvalue weighted by Gasteiger charge is -2.09. The molecule has 0 aliphatic carbocycles. The van der Waals surface area contributed by atoms with Crippen molar-refractivity contribution in [2.45, 2.75) is 0 Å². The first-order valence-electron chi connectivity index (χ1n) is 2.96. The van der Waals surface area contributed by atoms with E-state index >= 15 is 0 Å². The van der Waals surface area contributed by atoms with Crippen LogP contribution in [0.1, 0.15) is 0 Å². The van der Waals surface area contributed by atoms with Crippen LogP contribution < -0.4 is 10.6 Å². The van der Waals surface area contributed by atoms with Crippen LogP contribution in [0.2, 0.25) is 0 Å². The Labute approximate surface area is 84.0 Å². The van der Waals surface area contributed by atoms with Crippen LogP contribution in [0.15, 0.2) is 12.3 Å². The Kier molecular flexibility index (Phi) is 6.74. The van der Waals surface area contributed by atoms with E-state index in [1.807, 2.05) is 19.0 Å². The molecule has 2 N–H and O–H groups in total. The van der Waals surface area contributed by atoms with Crippen LogP contribution in [0.5, 0.6) is 0 Å². The van der Waals surface area contributed by atoms with E-state index in [-0.39, 0.29) is 24.8 Å². The third-order valence-electron chi connectivity index (χ3n) is 1.12. The molecule has 0 fully saturated rings. The number of halogens is 2. The molecule has 1 heterocycles. The van der Waals surface area contributed by atoms with Crippen molar-refractivity contribution >= 4 is 36.6 Å². The average Bonchev–Trinajstić information content (AvgIpc) is 1.88. The molecule has 0 saturated heterocycles. The summed E-state index contributed by atoms with van der Waals surface area (Å²) >= 11 is 0. The zero-order chi connectivity index (χ0) is 7.56. The Morgan fingerprint density at radius 2 is 1.92 bits per heavy atom. The molecular formula is C6H12Cl2N4. The zero-order valence-corrected chi connectivity index (χ0v) is 8.52. The van der Waals surface area contributed by atoms with E-state index in [1.165, 1.54) is 0 Å². The van der Waals surface area contributed by atoms with Crippen LogP contribution in [0.3, 0.4) is 0 Å². The largest absolute Gasteiger partial charge is 0.368 e. The Bertz CT molecular complexity index is 229. The maximum Gasteiger partial charge on any atom is 0.221 e. The van der Waals surface area contributed by atoms with E-state index < -0.39 is 0 Å². The molecule has 12 heavy (non-hydrogen) atoms. The smallest absolute Gasteiger partial charge is 0.221 e. The molecule has 0 atom stereocenters. The van der Waals surface area contributed by atoms with Crippen LogP contribution in [0.4, 0.5) is 11.8 Å².